The third-order valence-corrected chi connectivity index (χ3v) is 5.70. The number of rotatable bonds is 3. The monoisotopic (exact) mass is 357 g/mol. The molecule has 0 aliphatic carbocycles. The number of benzene rings is 1. The summed E-state index contributed by atoms with van der Waals surface area (Å²) >= 11 is 5.96. The Hall–Kier alpha value is -1.21. The van der Waals surface area contributed by atoms with Gasteiger partial charge in [0.1, 0.15) is 5.82 Å². The van der Waals surface area contributed by atoms with Crippen LogP contribution < -0.4 is 0 Å². The van der Waals surface area contributed by atoms with Crippen LogP contribution in [0, 0.1) is 17.7 Å². The van der Waals surface area contributed by atoms with Gasteiger partial charge in [-0.05, 0) is 31.0 Å². The molecule has 1 aromatic carbocycles. The predicted octanol–water partition coefficient (Wildman–Crippen LogP) is 2.15. The maximum atomic E-state index is 13.9. The SMILES string of the molecule is O=CO.OC[C@H]1[C@H]2CN(Cc3cc(Cl)ccc3F)C[C@]23CC[C@H]1O3. The molecular formula is C17H21ClFNO4. The minimum atomic E-state index is -0.250. The van der Waals surface area contributed by atoms with Gasteiger partial charge in [0, 0.05) is 48.7 Å². The van der Waals surface area contributed by atoms with Gasteiger partial charge in [-0.3, -0.25) is 9.69 Å². The number of carboxylic acid groups (broad SMARTS) is 1. The first-order valence-electron chi connectivity index (χ1n) is 8.06. The van der Waals surface area contributed by atoms with Crippen molar-refractivity contribution >= 4 is 18.1 Å². The summed E-state index contributed by atoms with van der Waals surface area (Å²) in [6.07, 6.45) is 2.33. The minimum absolute atomic E-state index is 0.104. The van der Waals surface area contributed by atoms with Crippen molar-refractivity contribution in [3.8, 4) is 0 Å². The fourth-order valence-electron chi connectivity index (χ4n) is 4.56. The maximum absolute atomic E-state index is 13.9. The van der Waals surface area contributed by atoms with Crippen LogP contribution in [0.5, 0.6) is 0 Å². The lowest BCUT2D eigenvalue weighted by molar-refractivity contribution is -0.122. The number of nitrogens with zero attached hydrogens (tertiary/aromatic N) is 1. The lowest BCUT2D eigenvalue weighted by atomic mass is 9.74. The van der Waals surface area contributed by atoms with Crippen molar-refractivity contribution in [1.82, 2.24) is 4.90 Å². The van der Waals surface area contributed by atoms with Crippen molar-refractivity contribution < 1.29 is 24.1 Å². The van der Waals surface area contributed by atoms with E-state index < -0.39 is 0 Å². The molecule has 3 heterocycles. The van der Waals surface area contributed by atoms with Crippen LogP contribution in [0.15, 0.2) is 18.2 Å². The van der Waals surface area contributed by atoms with Crippen LogP contribution in [0.4, 0.5) is 4.39 Å². The highest BCUT2D eigenvalue weighted by atomic mass is 35.5. The van der Waals surface area contributed by atoms with Crippen molar-refractivity contribution in [2.45, 2.75) is 31.1 Å². The summed E-state index contributed by atoms with van der Waals surface area (Å²) in [5.41, 5.74) is 0.529. The lowest BCUT2D eigenvalue weighted by Crippen LogP contribution is -2.37. The Morgan fingerprint density at radius 1 is 1.50 bits per heavy atom. The van der Waals surface area contributed by atoms with Crippen LogP contribution in [0.3, 0.4) is 0 Å². The third-order valence-electron chi connectivity index (χ3n) is 5.47. The molecule has 4 atom stereocenters. The van der Waals surface area contributed by atoms with E-state index in [-0.39, 0.29) is 36.5 Å². The Bertz CT molecular complexity index is 616. The quantitative estimate of drug-likeness (QED) is 0.811. The van der Waals surface area contributed by atoms with E-state index in [0.29, 0.717) is 23.0 Å². The van der Waals surface area contributed by atoms with Gasteiger partial charge in [-0.1, -0.05) is 11.6 Å². The fourth-order valence-corrected chi connectivity index (χ4v) is 4.75. The summed E-state index contributed by atoms with van der Waals surface area (Å²) in [6.45, 7) is 2.19. The van der Waals surface area contributed by atoms with E-state index in [4.69, 9.17) is 26.2 Å². The number of aliphatic hydroxyl groups is 1. The number of aliphatic hydroxyl groups excluding tert-OH is 1. The summed E-state index contributed by atoms with van der Waals surface area (Å²) in [7, 11) is 0. The number of likely N-dealkylation sites (tertiary alicyclic amines) is 1. The first-order valence-corrected chi connectivity index (χ1v) is 8.43. The van der Waals surface area contributed by atoms with Crippen molar-refractivity contribution in [2.24, 2.45) is 11.8 Å². The van der Waals surface area contributed by atoms with Crippen LogP contribution in [0.25, 0.3) is 0 Å². The summed E-state index contributed by atoms with van der Waals surface area (Å²) < 4.78 is 20.1. The zero-order chi connectivity index (χ0) is 17.3. The second-order valence-electron chi connectivity index (χ2n) is 6.72. The molecule has 132 valence electrons. The number of hydrogen-bond acceptors (Lipinski definition) is 4. The summed E-state index contributed by atoms with van der Waals surface area (Å²) in [5.74, 6) is 0.411. The Balaban J connectivity index is 0.000000526. The Labute approximate surface area is 145 Å². The Morgan fingerprint density at radius 3 is 2.96 bits per heavy atom. The number of fused-ring (bicyclic) bond motifs is 1. The van der Waals surface area contributed by atoms with Crippen LogP contribution in [-0.2, 0) is 16.1 Å². The first-order chi connectivity index (χ1) is 11.5. The van der Waals surface area contributed by atoms with Crippen LogP contribution >= 0.6 is 11.6 Å². The van der Waals surface area contributed by atoms with Crippen LogP contribution in [-0.4, -0.2) is 53.0 Å². The summed E-state index contributed by atoms with van der Waals surface area (Å²) in [6, 6.07) is 4.69. The van der Waals surface area contributed by atoms with E-state index in [1.807, 2.05) is 0 Å². The van der Waals surface area contributed by atoms with Crippen molar-refractivity contribution in [3.05, 3.63) is 34.6 Å². The first kappa shape index (κ1) is 17.6. The zero-order valence-electron chi connectivity index (χ0n) is 13.2. The van der Waals surface area contributed by atoms with Crippen LogP contribution in [0.1, 0.15) is 18.4 Å². The zero-order valence-corrected chi connectivity index (χ0v) is 14.0. The molecular weight excluding hydrogens is 337 g/mol. The minimum Gasteiger partial charge on any atom is -0.483 e. The topological polar surface area (TPSA) is 70.0 Å². The maximum Gasteiger partial charge on any atom is 0.290 e. The molecule has 5 nitrogen and oxygen atoms in total. The number of ether oxygens (including phenoxy) is 1. The van der Waals surface area contributed by atoms with E-state index in [2.05, 4.69) is 4.90 Å². The molecule has 1 spiro atoms. The highest BCUT2D eigenvalue weighted by Gasteiger charge is 2.62. The van der Waals surface area contributed by atoms with E-state index in [0.717, 1.165) is 25.9 Å². The molecule has 7 heteroatoms. The molecule has 4 rings (SSSR count). The van der Waals surface area contributed by atoms with Crippen molar-refractivity contribution in [3.63, 3.8) is 0 Å². The largest absolute Gasteiger partial charge is 0.483 e. The highest BCUT2D eigenvalue weighted by molar-refractivity contribution is 6.30. The molecule has 0 aromatic heterocycles. The number of hydrogen-bond donors (Lipinski definition) is 2. The number of carbonyl (C=O) groups is 1. The predicted molar refractivity (Wildman–Crippen MR) is 86.3 cm³/mol. The van der Waals surface area contributed by atoms with Gasteiger partial charge in [-0.2, -0.15) is 0 Å². The van der Waals surface area contributed by atoms with E-state index in [9.17, 15) is 9.50 Å². The summed E-state index contributed by atoms with van der Waals surface area (Å²) in [4.78, 5) is 10.6. The molecule has 1 aromatic rings. The normalized spacial score (nSPS) is 33.9. The highest BCUT2D eigenvalue weighted by Crippen LogP contribution is 2.54. The number of halogens is 2. The molecule has 2 bridgehead atoms. The van der Waals surface area contributed by atoms with Gasteiger partial charge in [-0.25, -0.2) is 4.39 Å². The molecule has 0 radical (unpaired) electrons. The lowest BCUT2D eigenvalue weighted by Gasteiger charge is -2.28. The molecule has 0 amide bonds. The molecule has 0 saturated carbocycles. The van der Waals surface area contributed by atoms with Gasteiger partial charge < -0.3 is 14.9 Å². The second-order valence-corrected chi connectivity index (χ2v) is 7.16. The van der Waals surface area contributed by atoms with Gasteiger partial charge >= 0.3 is 0 Å². The molecule has 3 aliphatic heterocycles. The molecule has 3 aliphatic rings. The van der Waals surface area contributed by atoms with Gasteiger partial charge in [0.15, 0.2) is 0 Å². The van der Waals surface area contributed by atoms with Gasteiger partial charge in [0.25, 0.3) is 6.47 Å². The average molecular weight is 358 g/mol. The average Bonchev–Trinajstić information content (AvgIpc) is 3.18. The van der Waals surface area contributed by atoms with Gasteiger partial charge in [0.05, 0.1) is 11.7 Å². The third kappa shape index (κ3) is 3.04. The van der Waals surface area contributed by atoms with Crippen molar-refractivity contribution in [1.29, 1.82) is 0 Å². The van der Waals surface area contributed by atoms with E-state index >= 15 is 0 Å². The molecule has 0 unspecified atom stereocenters. The standard InChI is InChI=1S/C16H19ClFNO2.CH2O2/c17-11-1-2-14(18)10(5-11)6-19-7-13-12(8-20)15-3-4-16(13,9-19)21-15;2-1-3/h1-2,5,12-13,15,20H,3-4,6-9H2;1H,(H,2,3)/t12-,13+,15+,16+;/m0./s1. The molecule has 3 fully saturated rings. The van der Waals surface area contributed by atoms with E-state index in [1.54, 1.807) is 12.1 Å². The summed E-state index contributed by atoms with van der Waals surface area (Å²) in [5, 5.41) is 17.1. The Morgan fingerprint density at radius 2 is 2.25 bits per heavy atom. The van der Waals surface area contributed by atoms with Crippen LogP contribution in [0.2, 0.25) is 5.02 Å². The van der Waals surface area contributed by atoms with Crippen molar-refractivity contribution in [2.75, 3.05) is 19.7 Å². The fraction of sp³-hybridized carbons (Fsp3) is 0.588. The van der Waals surface area contributed by atoms with Gasteiger partial charge in [-0.15, -0.1) is 0 Å². The molecule has 24 heavy (non-hydrogen) atoms. The Kier molecular flexibility index (Phi) is 5.11. The smallest absolute Gasteiger partial charge is 0.290 e. The van der Waals surface area contributed by atoms with Gasteiger partial charge in [0.2, 0.25) is 0 Å². The molecule has 3 saturated heterocycles. The molecule has 2 N–H and O–H groups in total. The van der Waals surface area contributed by atoms with E-state index in [1.165, 1.54) is 6.07 Å². The second kappa shape index (κ2) is 6.96.